The van der Waals surface area contributed by atoms with Crippen LogP contribution in [0.3, 0.4) is 0 Å². The van der Waals surface area contributed by atoms with E-state index >= 15 is 0 Å². The average Bonchev–Trinajstić information content (AvgIpc) is 2.93. The third kappa shape index (κ3) is 5.33. The van der Waals surface area contributed by atoms with E-state index in [1.807, 2.05) is 12.1 Å². The SMILES string of the molecule is C[N+]1(CCO)CCc2c(sc(CC(=O)Cc3ccc(Cl)cc3)c2C(N)=O)C1.[I-]. The molecule has 0 radical (unpaired) electrons. The van der Waals surface area contributed by atoms with Crippen molar-refractivity contribution in [3.05, 3.63) is 55.7 Å². The van der Waals surface area contributed by atoms with Gasteiger partial charge in [0.15, 0.2) is 0 Å². The minimum Gasteiger partial charge on any atom is -1.00 e. The first-order chi connectivity index (χ1) is 12.8. The first kappa shape index (κ1) is 23.3. The summed E-state index contributed by atoms with van der Waals surface area (Å²) in [5.74, 6) is -0.411. The summed E-state index contributed by atoms with van der Waals surface area (Å²) in [4.78, 5) is 26.5. The molecule has 0 spiro atoms. The lowest BCUT2D eigenvalue weighted by Crippen LogP contribution is -3.00. The molecule has 1 aliphatic rings. The highest BCUT2D eigenvalue weighted by Crippen LogP contribution is 2.35. The number of amides is 1. The van der Waals surface area contributed by atoms with Crippen molar-refractivity contribution in [3.8, 4) is 0 Å². The molecular weight excluding hydrogens is 511 g/mol. The quantitative estimate of drug-likeness (QED) is 0.366. The Morgan fingerprint density at radius 2 is 1.93 bits per heavy atom. The van der Waals surface area contributed by atoms with E-state index in [9.17, 15) is 14.7 Å². The molecule has 152 valence electrons. The number of primary amides is 1. The van der Waals surface area contributed by atoms with Crippen molar-refractivity contribution in [2.24, 2.45) is 5.73 Å². The molecule has 2 heterocycles. The molecule has 0 aliphatic carbocycles. The van der Waals surface area contributed by atoms with Gasteiger partial charge in [-0.05, 0) is 23.3 Å². The maximum Gasteiger partial charge on any atom is 0.250 e. The predicted octanol–water partition coefficient (Wildman–Crippen LogP) is -0.646. The zero-order valence-electron chi connectivity index (χ0n) is 15.7. The lowest BCUT2D eigenvalue weighted by Gasteiger charge is -2.37. The summed E-state index contributed by atoms with van der Waals surface area (Å²) in [5, 5.41) is 9.95. The number of likely N-dealkylation sites (N-methyl/N-ethyl adjacent to an activating group) is 1. The van der Waals surface area contributed by atoms with Crippen molar-refractivity contribution in [1.29, 1.82) is 0 Å². The molecule has 1 unspecified atom stereocenters. The van der Waals surface area contributed by atoms with Crippen LogP contribution in [0.4, 0.5) is 0 Å². The Bertz CT molecular complexity index is 869. The molecule has 5 nitrogen and oxygen atoms in total. The zero-order valence-corrected chi connectivity index (χ0v) is 19.4. The molecule has 3 N–H and O–H groups in total. The van der Waals surface area contributed by atoms with Crippen LogP contribution < -0.4 is 29.7 Å². The number of ketones is 1. The smallest absolute Gasteiger partial charge is 0.250 e. The molecule has 1 aromatic heterocycles. The van der Waals surface area contributed by atoms with Gasteiger partial charge in [0, 0.05) is 29.2 Å². The second-order valence-corrected chi connectivity index (χ2v) is 9.01. The maximum absolute atomic E-state index is 12.6. The van der Waals surface area contributed by atoms with Crippen molar-refractivity contribution >= 4 is 34.6 Å². The van der Waals surface area contributed by atoms with Gasteiger partial charge in [-0.2, -0.15) is 0 Å². The number of nitrogens with two attached hydrogens (primary N) is 1. The number of aliphatic hydroxyl groups excluding tert-OH is 1. The lowest BCUT2D eigenvalue weighted by atomic mass is 9.97. The minimum absolute atomic E-state index is 0. The number of carbonyl (C=O) groups is 2. The van der Waals surface area contributed by atoms with Crippen LogP contribution in [0.15, 0.2) is 24.3 Å². The van der Waals surface area contributed by atoms with Gasteiger partial charge in [-0.15, -0.1) is 11.3 Å². The molecule has 1 aromatic carbocycles. The van der Waals surface area contributed by atoms with Crippen LogP contribution in [-0.2, 0) is 30.6 Å². The zero-order chi connectivity index (χ0) is 19.6. The summed E-state index contributed by atoms with van der Waals surface area (Å²) >= 11 is 7.41. The van der Waals surface area contributed by atoms with Crippen LogP contribution >= 0.6 is 22.9 Å². The first-order valence-electron chi connectivity index (χ1n) is 8.95. The molecule has 0 saturated heterocycles. The van der Waals surface area contributed by atoms with E-state index in [0.717, 1.165) is 44.9 Å². The lowest BCUT2D eigenvalue weighted by molar-refractivity contribution is -0.924. The average molecular weight is 535 g/mol. The second kappa shape index (κ2) is 9.67. The monoisotopic (exact) mass is 534 g/mol. The van der Waals surface area contributed by atoms with Gasteiger partial charge in [-0.3, -0.25) is 9.59 Å². The number of quaternary nitrogens is 1. The van der Waals surface area contributed by atoms with Crippen molar-refractivity contribution < 1.29 is 43.2 Å². The van der Waals surface area contributed by atoms with Gasteiger partial charge in [-0.25, -0.2) is 0 Å². The fourth-order valence-corrected chi connectivity index (χ4v) is 5.37. The molecule has 1 atom stereocenters. The van der Waals surface area contributed by atoms with Gasteiger partial charge in [0.05, 0.1) is 30.6 Å². The summed E-state index contributed by atoms with van der Waals surface area (Å²) in [6, 6.07) is 7.21. The molecule has 3 rings (SSSR count). The van der Waals surface area contributed by atoms with Crippen LogP contribution in [0.25, 0.3) is 0 Å². The summed E-state index contributed by atoms with van der Waals surface area (Å²) < 4.78 is 0.736. The number of carbonyl (C=O) groups excluding carboxylic acids is 2. The highest BCUT2D eigenvalue weighted by molar-refractivity contribution is 7.12. The molecular formula is C20H24ClIN2O3S. The number of fused-ring (bicyclic) bond motifs is 1. The largest absolute Gasteiger partial charge is 1.00 e. The molecule has 8 heteroatoms. The van der Waals surface area contributed by atoms with Gasteiger partial charge in [-0.1, -0.05) is 23.7 Å². The third-order valence-electron chi connectivity index (χ3n) is 5.15. The van der Waals surface area contributed by atoms with Crippen molar-refractivity contribution in [2.75, 3.05) is 26.7 Å². The van der Waals surface area contributed by atoms with E-state index in [4.69, 9.17) is 17.3 Å². The number of halogens is 2. The number of thiophene rings is 1. The molecule has 1 amide bonds. The topological polar surface area (TPSA) is 80.4 Å². The van der Waals surface area contributed by atoms with Crippen LogP contribution in [-0.4, -0.2) is 48.0 Å². The van der Waals surface area contributed by atoms with E-state index < -0.39 is 5.91 Å². The van der Waals surface area contributed by atoms with Gasteiger partial charge >= 0.3 is 0 Å². The number of benzene rings is 1. The van der Waals surface area contributed by atoms with Gasteiger partial charge < -0.3 is 39.3 Å². The summed E-state index contributed by atoms with van der Waals surface area (Å²) in [6.07, 6.45) is 1.25. The molecule has 28 heavy (non-hydrogen) atoms. The molecule has 0 bridgehead atoms. The molecule has 2 aromatic rings. The Kier molecular flexibility index (Phi) is 8.04. The van der Waals surface area contributed by atoms with Crippen LogP contribution in [0.5, 0.6) is 0 Å². The number of nitrogens with zero attached hydrogens (tertiary/aromatic N) is 1. The number of aliphatic hydroxyl groups is 1. The van der Waals surface area contributed by atoms with Crippen molar-refractivity contribution in [3.63, 3.8) is 0 Å². The number of hydrogen-bond donors (Lipinski definition) is 2. The maximum atomic E-state index is 12.6. The van der Waals surface area contributed by atoms with E-state index in [2.05, 4.69) is 7.05 Å². The number of rotatable bonds is 7. The fourth-order valence-electron chi connectivity index (χ4n) is 3.68. The predicted molar refractivity (Wildman–Crippen MR) is 107 cm³/mol. The molecule has 0 fully saturated rings. The third-order valence-corrected chi connectivity index (χ3v) is 6.62. The van der Waals surface area contributed by atoms with E-state index in [1.54, 1.807) is 12.1 Å². The standard InChI is InChI=1S/C20H23ClN2O3S.HI/c1-23(8-9-24)7-6-16-18(12-23)27-17(19(16)20(22)26)11-15(25)10-13-2-4-14(21)5-3-13;/h2-5,24H,6-12H2,1H3,(H-,22,26);1H. The normalized spacial score (nSPS) is 18.2. The van der Waals surface area contributed by atoms with Gasteiger partial charge in [0.1, 0.15) is 18.9 Å². The van der Waals surface area contributed by atoms with E-state index in [0.29, 0.717) is 23.6 Å². The van der Waals surface area contributed by atoms with Crippen molar-refractivity contribution in [1.82, 2.24) is 0 Å². The summed E-state index contributed by atoms with van der Waals surface area (Å²) in [7, 11) is 2.11. The van der Waals surface area contributed by atoms with E-state index in [1.165, 1.54) is 11.3 Å². The Morgan fingerprint density at radius 3 is 2.54 bits per heavy atom. The Labute approximate surface area is 191 Å². The van der Waals surface area contributed by atoms with Crippen LogP contribution in [0.2, 0.25) is 5.02 Å². The summed E-state index contributed by atoms with van der Waals surface area (Å²) in [5.41, 5.74) is 8.08. The second-order valence-electron chi connectivity index (χ2n) is 7.38. The highest BCUT2D eigenvalue weighted by Gasteiger charge is 2.34. The first-order valence-corrected chi connectivity index (χ1v) is 10.1. The van der Waals surface area contributed by atoms with E-state index in [-0.39, 0.29) is 42.8 Å². The number of Topliss-reactive ketones (excluding diaryl/α,β-unsaturated/α-hetero) is 1. The summed E-state index contributed by atoms with van der Waals surface area (Å²) in [6.45, 7) is 2.41. The van der Waals surface area contributed by atoms with Crippen LogP contribution in [0.1, 0.15) is 31.2 Å². The minimum atomic E-state index is -0.458. The highest BCUT2D eigenvalue weighted by atomic mass is 127. The number of hydrogen-bond acceptors (Lipinski definition) is 4. The van der Waals surface area contributed by atoms with Crippen molar-refractivity contribution in [2.45, 2.75) is 25.8 Å². The van der Waals surface area contributed by atoms with Crippen LogP contribution in [0, 0.1) is 0 Å². The molecule has 1 aliphatic heterocycles. The van der Waals surface area contributed by atoms with Gasteiger partial charge in [0.2, 0.25) is 5.91 Å². The Balaban J connectivity index is 0.00000280. The van der Waals surface area contributed by atoms with Gasteiger partial charge in [0.25, 0.3) is 0 Å². The fraction of sp³-hybridized carbons (Fsp3) is 0.400. The Morgan fingerprint density at radius 1 is 1.25 bits per heavy atom. The Hall–Kier alpha value is -1.00. The molecule has 0 saturated carbocycles.